The van der Waals surface area contributed by atoms with E-state index in [0.717, 1.165) is 6.42 Å². The molecule has 1 atom stereocenters. The van der Waals surface area contributed by atoms with Crippen molar-refractivity contribution in [2.45, 2.75) is 52.1 Å². The van der Waals surface area contributed by atoms with E-state index in [1.165, 1.54) is 7.11 Å². The van der Waals surface area contributed by atoms with Gasteiger partial charge in [0.05, 0.1) is 19.6 Å². The minimum atomic E-state index is -0.314. The maximum absolute atomic E-state index is 11.8. The van der Waals surface area contributed by atoms with Gasteiger partial charge in [0.25, 0.3) is 0 Å². The fraction of sp³-hybridized carbons (Fsp3) is 0.833. The number of rotatable bonds is 7. The molecule has 0 heterocycles. The van der Waals surface area contributed by atoms with E-state index >= 15 is 0 Å². The van der Waals surface area contributed by atoms with Gasteiger partial charge in [0.1, 0.15) is 0 Å². The number of nitrogens with one attached hydrogen (secondary N) is 2. The van der Waals surface area contributed by atoms with Crippen LogP contribution in [0.2, 0.25) is 0 Å². The fourth-order valence-corrected chi connectivity index (χ4v) is 1.12. The van der Waals surface area contributed by atoms with Crippen LogP contribution < -0.4 is 10.6 Å². The van der Waals surface area contributed by atoms with Gasteiger partial charge in [0.15, 0.2) is 0 Å². The Morgan fingerprint density at radius 3 is 2.41 bits per heavy atom. The lowest BCUT2D eigenvalue weighted by atomic mass is 10.0. The van der Waals surface area contributed by atoms with Crippen LogP contribution in [-0.4, -0.2) is 37.1 Å². The van der Waals surface area contributed by atoms with Gasteiger partial charge in [0.2, 0.25) is 5.91 Å². The number of amides is 1. The molecule has 0 fully saturated rings. The molecule has 0 saturated heterocycles. The first kappa shape index (κ1) is 15.9. The van der Waals surface area contributed by atoms with E-state index in [9.17, 15) is 9.59 Å². The Labute approximate surface area is 103 Å². The quantitative estimate of drug-likeness (QED) is 0.651. The standard InChI is InChI=1S/C12H24N2O3/c1-6-12(3,4)14-11(16)9(2)13-8-7-10(15)17-5/h9,13H,6-8H2,1-5H3,(H,14,16). The Hall–Kier alpha value is -1.10. The highest BCUT2D eigenvalue weighted by Gasteiger charge is 2.21. The second kappa shape index (κ2) is 7.27. The van der Waals surface area contributed by atoms with Crippen molar-refractivity contribution in [1.29, 1.82) is 0 Å². The highest BCUT2D eigenvalue weighted by molar-refractivity contribution is 5.82. The van der Waals surface area contributed by atoms with Crippen LogP contribution in [0.5, 0.6) is 0 Å². The zero-order valence-corrected chi connectivity index (χ0v) is 11.4. The van der Waals surface area contributed by atoms with Crippen molar-refractivity contribution in [1.82, 2.24) is 10.6 Å². The summed E-state index contributed by atoms with van der Waals surface area (Å²) >= 11 is 0. The first-order valence-corrected chi connectivity index (χ1v) is 5.94. The summed E-state index contributed by atoms with van der Waals surface area (Å²) in [6.45, 7) is 8.19. The lowest BCUT2D eigenvalue weighted by molar-refractivity contribution is -0.140. The van der Waals surface area contributed by atoms with E-state index in [-0.39, 0.29) is 29.9 Å². The molecule has 0 rings (SSSR count). The molecule has 0 aliphatic rings. The molecule has 0 aromatic heterocycles. The second-order valence-electron chi connectivity index (χ2n) is 4.73. The van der Waals surface area contributed by atoms with Crippen LogP contribution in [0.3, 0.4) is 0 Å². The molecule has 0 radical (unpaired) electrons. The van der Waals surface area contributed by atoms with Crippen LogP contribution in [0.25, 0.3) is 0 Å². The highest BCUT2D eigenvalue weighted by atomic mass is 16.5. The Morgan fingerprint density at radius 1 is 1.35 bits per heavy atom. The van der Waals surface area contributed by atoms with Gasteiger partial charge in [-0.1, -0.05) is 6.92 Å². The molecule has 1 unspecified atom stereocenters. The van der Waals surface area contributed by atoms with Gasteiger partial charge < -0.3 is 15.4 Å². The summed E-state index contributed by atoms with van der Waals surface area (Å²) in [5.74, 6) is -0.333. The predicted molar refractivity (Wildman–Crippen MR) is 66.6 cm³/mol. The second-order valence-corrected chi connectivity index (χ2v) is 4.73. The van der Waals surface area contributed by atoms with Gasteiger partial charge in [-0.05, 0) is 27.2 Å². The van der Waals surface area contributed by atoms with E-state index in [0.29, 0.717) is 6.54 Å². The molecule has 0 aromatic rings. The third kappa shape index (κ3) is 6.94. The van der Waals surface area contributed by atoms with Gasteiger partial charge in [-0.25, -0.2) is 0 Å². The van der Waals surface area contributed by atoms with Crippen molar-refractivity contribution < 1.29 is 14.3 Å². The molecule has 0 aromatic carbocycles. The van der Waals surface area contributed by atoms with Gasteiger partial charge in [0, 0.05) is 12.1 Å². The Morgan fingerprint density at radius 2 is 1.94 bits per heavy atom. The van der Waals surface area contributed by atoms with E-state index in [2.05, 4.69) is 15.4 Å². The lowest BCUT2D eigenvalue weighted by Gasteiger charge is -2.26. The molecule has 0 aliphatic heterocycles. The molecular weight excluding hydrogens is 220 g/mol. The largest absolute Gasteiger partial charge is 0.469 e. The molecule has 0 spiro atoms. The molecule has 5 nitrogen and oxygen atoms in total. The molecule has 1 amide bonds. The summed E-state index contributed by atoms with van der Waals surface area (Å²) in [4.78, 5) is 22.6. The minimum absolute atomic E-state index is 0.0540. The molecular formula is C12H24N2O3. The van der Waals surface area contributed by atoms with Crippen molar-refractivity contribution in [2.75, 3.05) is 13.7 Å². The van der Waals surface area contributed by atoms with Crippen molar-refractivity contribution in [3.05, 3.63) is 0 Å². The Balaban J connectivity index is 3.94. The average Bonchev–Trinajstić information content (AvgIpc) is 2.28. The number of methoxy groups -OCH3 is 1. The van der Waals surface area contributed by atoms with Crippen LogP contribution in [-0.2, 0) is 14.3 Å². The van der Waals surface area contributed by atoms with Crippen LogP contribution in [0.4, 0.5) is 0 Å². The maximum Gasteiger partial charge on any atom is 0.306 e. The van der Waals surface area contributed by atoms with Gasteiger partial charge >= 0.3 is 5.97 Å². The number of hydrogen-bond acceptors (Lipinski definition) is 4. The first-order valence-electron chi connectivity index (χ1n) is 5.94. The Kier molecular flexibility index (Phi) is 6.80. The number of hydrogen-bond donors (Lipinski definition) is 2. The molecule has 0 bridgehead atoms. The smallest absolute Gasteiger partial charge is 0.306 e. The SMILES string of the molecule is CCC(C)(C)NC(=O)C(C)NCCC(=O)OC. The molecule has 17 heavy (non-hydrogen) atoms. The fourth-order valence-electron chi connectivity index (χ4n) is 1.12. The highest BCUT2D eigenvalue weighted by Crippen LogP contribution is 2.06. The summed E-state index contributed by atoms with van der Waals surface area (Å²) < 4.78 is 4.51. The normalized spacial score (nSPS) is 13.0. The van der Waals surface area contributed by atoms with Gasteiger partial charge in [-0.2, -0.15) is 0 Å². The first-order chi connectivity index (χ1) is 7.82. The molecule has 5 heteroatoms. The van der Waals surface area contributed by atoms with Crippen molar-refractivity contribution in [3.63, 3.8) is 0 Å². The van der Waals surface area contributed by atoms with Crippen molar-refractivity contribution >= 4 is 11.9 Å². The maximum atomic E-state index is 11.8. The number of carbonyl (C=O) groups excluding carboxylic acids is 2. The monoisotopic (exact) mass is 244 g/mol. The van der Waals surface area contributed by atoms with Crippen LogP contribution >= 0.6 is 0 Å². The van der Waals surface area contributed by atoms with E-state index in [4.69, 9.17) is 0 Å². The third-order valence-corrected chi connectivity index (χ3v) is 2.75. The summed E-state index contributed by atoms with van der Waals surface area (Å²) in [5.41, 5.74) is -0.199. The van der Waals surface area contributed by atoms with Gasteiger partial charge in [-0.3, -0.25) is 9.59 Å². The zero-order chi connectivity index (χ0) is 13.5. The predicted octanol–water partition coefficient (Wildman–Crippen LogP) is 0.832. The van der Waals surface area contributed by atoms with E-state index < -0.39 is 0 Å². The van der Waals surface area contributed by atoms with Crippen LogP contribution in [0.1, 0.15) is 40.5 Å². The average molecular weight is 244 g/mol. The molecule has 2 N–H and O–H groups in total. The number of carbonyl (C=O) groups is 2. The number of ether oxygens (including phenoxy) is 1. The summed E-state index contributed by atoms with van der Waals surface area (Å²) in [5, 5.41) is 5.92. The van der Waals surface area contributed by atoms with Gasteiger partial charge in [-0.15, -0.1) is 0 Å². The van der Waals surface area contributed by atoms with Crippen molar-refractivity contribution in [3.8, 4) is 0 Å². The Bertz CT molecular complexity index is 264. The number of esters is 1. The molecule has 0 saturated carbocycles. The topological polar surface area (TPSA) is 67.4 Å². The van der Waals surface area contributed by atoms with E-state index in [1.54, 1.807) is 6.92 Å². The zero-order valence-electron chi connectivity index (χ0n) is 11.4. The summed E-state index contributed by atoms with van der Waals surface area (Å²) in [6.07, 6.45) is 1.14. The lowest BCUT2D eigenvalue weighted by Crippen LogP contribution is -2.50. The van der Waals surface area contributed by atoms with Crippen molar-refractivity contribution in [2.24, 2.45) is 0 Å². The summed E-state index contributed by atoms with van der Waals surface area (Å²) in [6, 6.07) is -0.314. The third-order valence-electron chi connectivity index (χ3n) is 2.75. The molecule has 0 aliphatic carbocycles. The van der Waals surface area contributed by atoms with Crippen LogP contribution in [0.15, 0.2) is 0 Å². The minimum Gasteiger partial charge on any atom is -0.469 e. The van der Waals surface area contributed by atoms with Crippen LogP contribution in [0, 0.1) is 0 Å². The molecule has 100 valence electrons. The van der Waals surface area contributed by atoms with E-state index in [1.807, 2.05) is 20.8 Å². The summed E-state index contributed by atoms with van der Waals surface area (Å²) in [7, 11) is 1.35.